The van der Waals surface area contributed by atoms with Crippen molar-refractivity contribution in [3.05, 3.63) is 77.5 Å². The molecule has 0 N–H and O–H groups in total. The molecule has 9 heteroatoms. The van der Waals surface area contributed by atoms with E-state index in [0.717, 1.165) is 0 Å². The third-order valence-electron chi connectivity index (χ3n) is 4.96. The van der Waals surface area contributed by atoms with Gasteiger partial charge in [-0.15, -0.1) is 0 Å². The van der Waals surface area contributed by atoms with Crippen molar-refractivity contribution >= 4 is 29.3 Å². The molecule has 0 atom stereocenters. The first-order chi connectivity index (χ1) is 15.8. The van der Waals surface area contributed by atoms with Crippen molar-refractivity contribution < 1.29 is 18.3 Å². The van der Waals surface area contributed by atoms with Crippen LogP contribution < -0.4 is 0 Å². The molecule has 0 aliphatic carbocycles. The van der Waals surface area contributed by atoms with Crippen molar-refractivity contribution in [2.45, 2.75) is 29.4 Å². The van der Waals surface area contributed by atoms with E-state index < -0.39 is 5.41 Å². The number of nitrogens with zero attached hydrogens (tertiary/aromatic N) is 3. The molecule has 3 heterocycles. The van der Waals surface area contributed by atoms with Crippen LogP contribution in [0.25, 0.3) is 22.7 Å². The number of benzene rings is 1. The summed E-state index contributed by atoms with van der Waals surface area (Å²) in [5.74, 6) is -0.397. The van der Waals surface area contributed by atoms with Gasteiger partial charge < -0.3 is 9.15 Å². The van der Waals surface area contributed by atoms with Gasteiger partial charge in [-0.05, 0) is 74.1 Å². The van der Waals surface area contributed by atoms with E-state index in [0.29, 0.717) is 43.5 Å². The minimum absolute atomic E-state index is 0.334. The Balaban J connectivity index is 1.74. The summed E-state index contributed by atoms with van der Waals surface area (Å²) in [5.41, 5.74) is 1.53. The highest BCUT2D eigenvalue weighted by Crippen LogP contribution is 2.38. The maximum Gasteiger partial charge on any atom is 0.317 e. The van der Waals surface area contributed by atoms with Gasteiger partial charge in [0.15, 0.2) is 5.09 Å². The van der Waals surface area contributed by atoms with Crippen molar-refractivity contribution in [1.29, 1.82) is 0 Å². The lowest BCUT2D eigenvalue weighted by molar-refractivity contribution is -0.146. The highest BCUT2D eigenvalue weighted by molar-refractivity contribution is 7.99. The van der Waals surface area contributed by atoms with Crippen molar-refractivity contribution in [3.63, 3.8) is 0 Å². The van der Waals surface area contributed by atoms with Gasteiger partial charge in [-0.2, -0.15) is 0 Å². The first kappa shape index (κ1) is 22.9. The Bertz CT molecular complexity index is 1270. The lowest BCUT2D eigenvalue weighted by Gasteiger charge is -2.20. The summed E-state index contributed by atoms with van der Waals surface area (Å²) in [7, 11) is 1.35. The number of carbonyl (C=O) groups is 1. The average Bonchev–Trinajstić information content (AvgIpc) is 3.24. The zero-order valence-corrected chi connectivity index (χ0v) is 19.6. The fraction of sp³-hybridized carbons (Fsp3) is 0.167. The second-order valence-electron chi connectivity index (χ2n) is 7.63. The Hall–Kier alpha value is -3.23. The van der Waals surface area contributed by atoms with Gasteiger partial charge in [-0.25, -0.2) is 14.4 Å². The van der Waals surface area contributed by atoms with Crippen LogP contribution in [-0.4, -0.2) is 28.0 Å². The third kappa shape index (κ3) is 4.91. The number of aromatic nitrogens is 3. The van der Waals surface area contributed by atoms with Gasteiger partial charge in [0.25, 0.3) is 0 Å². The van der Waals surface area contributed by atoms with Gasteiger partial charge in [0.2, 0.25) is 5.89 Å². The van der Waals surface area contributed by atoms with E-state index in [-0.39, 0.29) is 11.8 Å². The predicted molar refractivity (Wildman–Crippen MR) is 124 cm³/mol. The standard InChI is InChI=1S/C24H19ClFN3O3S/c1-24(2,23(30)31-3)18-10-6-15(12-27-18)20-22(33-19-11-7-16(25)13-28-19)32-21(29-20)14-4-8-17(26)9-5-14/h4-13H,1-3H3. The normalized spacial score (nSPS) is 11.4. The smallest absolute Gasteiger partial charge is 0.317 e. The summed E-state index contributed by atoms with van der Waals surface area (Å²) in [6.45, 7) is 3.49. The van der Waals surface area contributed by atoms with Crippen LogP contribution in [0.2, 0.25) is 5.02 Å². The highest BCUT2D eigenvalue weighted by atomic mass is 35.5. The third-order valence-corrected chi connectivity index (χ3v) is 6.09. The molecular formula is C24H19ClFN3O3S. The molecule has 0 saturated heterocycles. The number of oxazole rings is 1. The fourth-order valence-electron chi connectivity index (χ4n) is 3.05. The number of halogens is 2. The van der Waals surface area contributed by atoms with E-state index >= 15 is 0 Å². The van der Waals surface area contributed by atoms with E-state index in [4.69, 9.17) is 20.8 Å². The van der Waals surface area contributed by atoms with Crippen molar-refractivity contribution in [2.75, 3.05) is 7.11 Å². The van der Waals surface area contributed by atoms with Crippen LogP contribution >= 0.6 is 23.4 Å². The van der Waals surface area contributed by atoms with E-state index in [1.54, 1.807) is 56.6 Å². The molecule has 33 heavy (non-hydrogen) atoms. The van der Waals surface area contributed by atoms with Crippen molar-refractivity contribution in [1.82, 2.24) is 15.0 Å². The van der Waals surface area contributed by atoms with E-state index in [9.17, 15) is 9.18 Å². The van der Waals surface area contributed by atoms with Gasteiger partial charge in [0, 0.05) is 23.5 Å². The summed E-state index contributed by atoms with van der Waals surface area (Å²) in [6, 6.07) is 13.0. The SMILES string of the molecule is COC(=O)C(C)(C)c1ccc(-c2nc(-c3ccc(F)cc3)oc2Sc2ccc(Cl)cn2)cn1. The first-order valence-electron chi connectivity index (χ1n) is 9.89. The van der Waals surface area contributed by atoms with E-state index in [1.165, 1.54) is 31.0 Å². The molecule has 0 aliphatic rings. The quantitative estimate of drug-likeness (QED) is 0.302. The monoisotopic (exact) mass is 483 g/mol. The summed E-state index contributed by atoms with van der Waals surface area (Å²) < 4.78 is 24.3. The zero-order valence-electron chi connectivity index (χ0n) is 18.0. The minimum Gasteiger partial charge on any atom is -0.468 e. The van der Waals surface area contributed by atoms with E-state index in [1.807, 2.05) is 6.07 Å². The molecule has 0 amide bonds. The van der Waals surface area contributed by atoms with Gasteiger partial charge in [-0.3, -0.25) is 9.78 Å². The molecule has 0 unspecified atom stereocenters. The molecule has 3 aromatic heterocycles. The maximum absolute atomic E-state index is 13.4. The summed E-state index contributed by atoms with van der Waals surface area (Å²) in [4.78, 5) is 25.5. The van der Waals surface area contributed by atoms with Crippen LogP contribution in [0.15, 0.2) is 75.5 Å². The molecule has 4 aromatic rings. The lowest BCUT2D eigenvalue weighted by atomic mass is 9.88. The number of esters is 1. The number of hydrogen-bond acceptors (Lipinski definition) is 7. The molecule has 0 bridgehead atoms. The molecule has 0 saturated carbocycles. The Morgan fingerprint density at radius 1 is 1.03 bits per heavy atom. The largest absolute Gasteiger partial charge is 0.468 e. The molecule has 1 aromatic carbocycles. The van der Waals surface area contributed by atoms with Crippen LogP contribution in [-0.2, 0) is 14.9 Å². The van der Waals surface area contributed by atoms with Crippen LogP contribution in [0, 0.1) is 5.82 Å². The van der Waals surface area contributed by atoms with Gasteiger partial charge in [0.05, 0.1) is 17.8 Å². The molecule has 4 rings (SSSR count). The minimum atomic E-state index is -0.902. The summed E-state index contributed by atoms with van der Waals surface area (Å²) >= 11 is 7.22. The number of hydrogen-bond donors (Lipinski definition) is 0. The number of carbonyl (C=O) groups excluding carboxylic acids is 1. The molecule has 0 spiro atoms. The number of methoxy groups -OCH3 is 1. The van der Waals surface area contributed by atoms with Crippen LogP contribution in [0.5, 0.6) is 0 Å². The summed E-state index contributed by atoms with van der Waals surface area (Å²) in [6.07, 6.45) is 3.18. The van der Waals surface area contributed by atoms with Gasteiger partial charge in [0.1, 0.15) is 22.0 Å². The molecule has 0 aliphatic heterocycles. The number of ether oxygens (including phenoxy) is 1. The lowest BCUT2D eigenvalue weighted by Crippen LogP contribution is -2.31. The van der Waals surface area contributed by atoms with Crippen molar-refractivity contribution in [2.24, 2.45) is 0 Å². The van der Waals surface area contributed by atoms with Crippen molar-refractivity contribution in [3.8, 4) is 22.7 Å². The highest BCUT2D eigenvalue weighted by Gasteiger charge is 2.32. The second-order valence-corrected chi connectivity index (χ2v) is 9.06. The van der Waals surface area contributed by atoms with Crippen LogP contribution in [0.1, 0.15) is 19.5 Å². The first-order valence-corrected chi connectivity index (χ1v) is 11.1. The van der Waals surface area contributed by atoms with Crippen LogP contribution in [0.3, 0.4) is 0 Å². The van der Waals surface area contributed by atoms with Crippen LogP contribution in [0.4, 0.5) is 4.39 Å². The average molecular weight is 484 g/mol. The Morgan fingerprint density at radius 3 is 2.36 bits per heavy atom. The maximum atomic E-state index is 13.4. The van der Waals surface area contributed by atoms with E-state index in [2.05, 4.69) is 15.0 Å². The number of rotatable bonds is 6. The number of pyridine rings is 2. The topological polar surface area (TPSA) is 78.1 Å². The zero-order chi connectivity index (χ0) is 23.6. The molecular weight excluding hydrogens is 465 g/mol. The van der Waals surface area contributed by atoms with Gasteiger partial charge >= 0.3 is 5.97 Å². The molecule has 168 valence electrons. The Labute approximate surface area is 199 Å². The van der Waals surface area contributed by atoms with Gasteiger partial charge in [-0.1, -0.05) is 11.6 Å². The molecule has 6 nitrogen and oxygen atoms in total. The fourth-order valence-corrected chi connectivity index (χ4v) is 3.98. The predicted octanol–water partition coefficient (Wildman–Crippen LogP) is 6.19. The second kappa shape index (κ2) is 9.33. The summed E-state index contributed by atoms with van der Waals surface area (Å²) in [5, 5.41) is 1.68. The molecule has 0 radical (unpaired) electrons. The Morgan fingerprint density at radius 2 is 1.76 bits per heavy atom. The Kier molecular flexibility index (Phi) is 6.49. The molecule has 0 fully saturated rings.